The number of Topliss-reactive ketones (excluding diaryl/α,β-unsaturated/α-hetero) is 1. The molecule has 3 aliphatic carbocycles. The Morgan fingerprint density at radius 2 is 2.00 bits per heavy atom. The van der Waals surface area contributed by atoms with E-state index in [0.717, 1.165) is 38.5 Å². The molecule has 0 aromatic carbocycles. The first kappa shape index (κ1) is 10.8. The summed E-state index contributed by atoms with van der Waals surface area (Å²) in [6, 6.07) is 0. The Balaban J connectivity index is 2.00. The van der Waals surface area contributed by atoms with Crippen LogP contribution < -0.4 is 0 Å². The lowest BCUT2D eigenvalue weighted by molar-refractivity contribution is -0.179. The third kappa shape index (κ3) is 1.25. The van der Waals surface area contributed by atoms with Crippen molar-refractivity contribution in [2.45, 2.75) is 57.5 Å². The van der Waals surface area contributed by atoms with Gasteiger partial charge in [0.05, 0.1) is 5.60 Å². The summed E-state index contributed by atoms with van der Waals surface area (Å²) in [6.07, 6.45) is 7.50. The zero-order chi connectivity index (χ0) is 11.3. The molecule has 1 N–H and O–H groups in total. The van der Waals surface area contributed by atoms with Crippen LogP contribution in [0.2, 0.25) is 0 Å². The summed E-state index contributed by atoms with van der Waals surface area (Å²) in [4.78, 5) is 12.3. The van der Waals surface area contributed by atoms with E-state index >= 15 is 0 Å². The normalized spacial score (nSPS) is 52.2. The standard InChI is InChI=1S/C14H22O2/c1-9-10-5-4-7-12(13(10)15)14(16)8-3-2-6-11(9)14/h9-12,16H,2-8H2,1H3/t9-,10+,11-,12+,14+/m1/s1. The van der Waals surface area contributed by atoms with E-state index in [1.807, 2.05) is 0 Å². The van der Waals surface area contributed by atoms with Crippen LogP contribution in [-0.4, -0.2) is 16.5 Å². The smallest absolute Gasteiger partial charge is 0.142 e. The number of carbonyl (C=O) groups excluding carboxylic acids is 1. The second-order valence-corrected chi connectivity index (χ2v) is 6.19. The van der Waals surface area contributed by atoms with Crippen LogP contribution in [0.4, 0.5) is 0 Å². The average molecular weight is 222 g/mol. The second kappa shape index (κ2) is 3.56. The zero-order valence-electron chi connectivity index (χ0n) is 10.1. The lowest BCUT2D eigenvalue weighted by atomic mass is 9.51. The highest BCUT2D eigenvalue weighted by molar-refractivity contribution is 5.86. The van der Waals surface area contributed by atoms with Crippen molar-refractivity contribution in [2.75, 3.05) is 0 Å². The third-order valence-electron chi connectivity index (χ3n) is 5.57. The highest BCUT2D eigenvalue weighted by atomic mass is 16.3. The monoisotopic (exact) mass is 222 g/mol. The minimum absolute atomic E-state index is 0.0206. The molecule has 0 aromatic heterocycles. The van der Waals surface area contributed by atoms with Crippen LogP contribution in [0, 0.1) is 23.7 Å². The van der Waals surface area contributed by atoms with Gasteiger partial charge in [-0.3, -0.25) is 4.79 Å². The van der Waals surface area contributed by atoms with Gasteiger partial charge < -0.3 is 5.11 Å². The lowest BCUT2D eigenvalue weighted by Crippen LogP contribution is -2.61. The molecule has 5 atom stereocenters. The molecule has 2 bridgehead atoms. The van der Waals surface area contributed by atoms with E-state index in [4.69, 9.17) is 0 Å². The summed E-state index contributed by atoms with van der Waals surface area (Å²) in [5, 5.41) is 10.9. The molecule has 0 amide bonds. The third-order valence-corrected chi connectivity index (χ3v) is 5.57. The van der Waals surface area contributed by atoms with Crippen LogP contribution in [0.15, 0.2) is 0 Å². The van der Waals surface area contributed by atoms with Crippen molar-refractivity contribution in [3.05, 3.63) is 0 Å². The molecule has 0 heterocycles. The van der Waals surface area contributed by atoms with Gasteiger partial charge in [-0.25, -0.2) is 0 Å². The van der Waals surface area contributed by atoms with Gasteiger partial charge in [-0.1, -0.05) is 26.2 Å². The highest BCUT2D eigenvalue weighted by Gasteiger charge is 2.58. The molecule has 2 nitrogen and oxygen atoms in total. The molecular weight excluding hydrogens is 200 g/mol. The molecular formula is C14H22O2. The van der Waals surface area contributed by atoms with E-state index in [1.54, 1.807) is 0 Å². The summed E-state index contributed by atoms with van der Waals surface area (Å²) in [6.45, 7) is 2.20. The largest absolute Gasteiger partial charge is 0.389 e. The van der Waals surface area contributed by atoms with Crippen molar-refractivity contribution in [1.82, 2.24) is 0 Å². The van der Waals surface area contributed by atoms with Gasteiger partial charge in [0.2, 0.25) is 0 Å². The van der Waals surface area contributed by atoms with Crippen LogP contribution in [-0.2, 0) is 4.79 Å². The van der Waals surface area contributed by atoms with Crippen LogP contribution in [0.3, 0.4) is 0 Å². The van der Waals surface area contributed by atoms with E-state index in [0.29, 0.717) is 17.6 Å². The van der Waals surface area contributed by atoms with Gasteiger partial charge in [-0.15, -0.1) is 0 Å². The summed E-state index contributed by atoms with van der Waals surface area (Å²) in [7, 11) is 0. The SMILES string of the molecule is C[C@@H]1[C@@H]2CCC[C@@H](C2=O)[C@]2(O)CCCC[C@H]12. The number of fused-ring (bicyclic) bond motifs is 4. The molecule has 0 spiro atoms. The van der Waals surface area contributed by atoms with Gasteiger partial charge in [-0.05, 0) is 37.5 Å². The molecule has 3 rings (SSSR count). The molecule has 0 radical (unpaired) electrons. The summed E-state index contributed by atoms with van der Waals surface area (Å²) in [5.74, 6) is 1.44. The average Bonchev–Trinajstić information content (AvgIpc) is 2.27. The minimum Gasteiger partial charge on any atom is -0.389 e. The molecule has 2 heteroatoms. The molecule has 0 saturated heterocycles. The molecule has 90 valence electrons. The summed E-state index contributed by atoms with van der Waals surface area (Å²) in [5.41, 5.74) is -0.633. The number of rotatable bonds is 0. The maximum Gasteiger partial charge on any atom is 0.142 e. The molecule has 0 aromatic rings. The van der Waals surface area contributed by atoms with Crippen LogP contribution in [0.1, 0.15) is 51.9 Å². The number of hydrogen-bond donors (Lipinski definition) is 1. The predicted octanol–water partition coefficient (Wildman–Crippen LogP) is 2.54. The maximum absolute atomic E-state index is 12.3. The number of hydrogen-bond acceptors (Lipinski definition) is 2. The van der Waals surface area contributed by atoms with E-state index in [2.05, 4.69) is 6.92 Å². The first-order chi connectivity index (χ1) is 7.64. The van der Waals surface area contributed by atoms with Crippen molar-refractivity contribution in [1.29, 1.82) is 0 Å². The first-order valence-corrected chi connectivity index (χ1v) is 6.90. The molecule has 3 aliphatic rings. The topological polar surface area (TPSA) is 37.3 Å². The Morgan fingerprint density at radius 3 is 2.81 bits per heavy atom. The minimum atomic E-state index is -0.633. The van der Waals surface area contributed by atoms with Crippen LogP contribution in [0.25, 0.3) is 0 Å². The summed E-state index contributed by atoms with van der Waals surface area (Å²) >= 11 is 0. The van der Waals surface area contributed by atoms with Gasteiger partial charge in [0.1, 0.15) is 5.78 Å². The zero-order valence-corrected chi connectivity index (χ0v) is 10.1. The Kier molecular flexibility index (Phi) is 2.39. The summed E-state index contributed by atoms with van der Waals surface area (Å²) < 4.78 is 0. The van der Waals surface area contributed by atoms with Crippen LogP contribution >= 0.6 is 0 Å². The molecule has 16 heavy (non-hydrogen) atoms. The quantitative estimate of drug-likeness (QED) is 0.684. The second-order valence-electron chi connectivity index (χ2n) is 6.19. The Labute approximate surface area is 97.4 Å². The number of ketones is 1. The van der Waals surface area contributed by atoms with E-state index in [-0.39, 0.29) is 11.8 Å². The van der Waals surface area contributed by atoms with Gasteiger partial charge in [-0.2, -0.15) is 0 Å². The maximum atomic E-state index is 12.3. The molecule has 3 fully saturated rings. The van der Waals surface area contributed by atoms with Crippen LogP contribution in [0.5, 0.6) is 0 Å². The lowest BCUT2D eigenvalue weighted by Gasteiger charge is -2.55. The van der Waals surface area contributed by atoms with E-state index in [9.17, 15) is 9.90 Å². The van der Waals surface area contributed by atoms with Crippen molar-refractivity contribution < 1.29 is 9.90 Å². The van der Waals surface area contributed by atoms with E-state index < -0.39 is 5.60 Å². The van der Waals surface area contributed by atoms with Gasteiger partial charge in [0, 0.05) is 11.8 Å². The highest BCUT2D eigenvalue weighted by Crippen LogP contribution is 2.54. The van der Waals surface area contributed by atoms with Crippen molar-refractivity contribution in [3.8, 4) is 0 Å². The van der Waals surface area contributed by atoms with Gasteiger partial charge in [0.15, 0.2) is 0 Å². The van der Waals surface area contributed by atoms with E-state index in [1.165, 1.54) is 6.42 Å². The Hall–Kier alpha value is -0.370. The van der Waals surface area contributed by atoms with Gasteiger partial charge in [0.25, 0.3) is 0 Å². The number of aliphatic hydroxyl groups is 1. The van der Waals surface area contributed by atoms with Gasteiger partial charge >= 0.3 is 0 Å². The fourth-order valence-electron chi connectivity index (χ4n) is 4.74. The Morgan fingerprint density at radius 1 is 1.19 bits per heavy atom. The molecule has 0 unspecified atom stereocenters. The van der Waals surface area contributed by atoms with Crippen molar-refractivity contribution in [2.24, 2.45) is 23.7 Å². The van der Waals surface area contributed by atoms with Crippen molar-refractivity contribution in [3.63, 3.8) is 0 Å². The molecule has 3 saturated carbocycles. The fraction of sp³-hybridized carbons (Fsp3) is 0.929. The number of carbonyl (C=O) groups is 1. The fourth-order valence-corrected chi connectivity index (χ4v) is 4.74. The van der Waals surface area contributed by atoms with Crippen molar-refractivity contribution >= 4 is 5.78 Å². The first-order valence-electron chi connectivity index (χ1n) is 6.90. The molecule has 0 aliphatic heterocycles. The predicted molar refractivity (Wildman–Crippen MR) is 61.9 cm³/mol. The Bertz CT molecular complexity index is 312.